The van der Waals surface area contributed by atoms with Crippen molar-refractivity contribution in [3.8, 4) is 17.2 Å². The number of carbonyl (C=O) groups is 1. The van der Waals surface area contributed by atoms with Crippen LogP contribution in [0, 0.1) is 0 Å². The molecule has 0 aliphatic carbocycles. The van der Waals surface area contributed by atoms with Gasteiger partial charge >= 0.3 is 0 Å². The van der Waals surface area contributed by atoms with Gasteiger partial charge in [-0.3, -0.25) is 10.1 Å². The van der Waals surface area contributed by atoms with Crippen LogP contribution in [0.25, 0.3) is 0 Å². The Morgan fingerprint density at radius 3 is 2.32 bits per heavy atom. The van der Waals surface area contributed by atoms with Crippen molar-refractivity contribution >= 4 is 11.9 Å². The minimum atomic E-state index is -0.741. The predicted octanol–water partition coefficient (Wildman–Crippen LogP) is 0.198. The highest BCUT2D eigenvalue weighted by molar-refractivity contribution is 6.04. The number of carbonyl (C=O) groups excluding carboxylic acids is 1. The summed E-state index contributed by atoms with van der Waals surface area (Å²) in [4.78, 5) is 15.8. The number of guanidine groups is 1. The fourth-order valence-electron chi connectivity index (χ4n) is 1.98. The van der Waals surface area contributed by atoms with E-state index in [2.05, 4.69) is 10.3 Å². The first-order chi connectivity index (χ1) is 9.12. The van der Waals surface area contributed by atoms with Gasteiger partial charge in [0.1, 0.15) is 0 Å². The molecule has 2 rings (SSSR count). The molecule has 0 aromatic heterocycles. The van der Waals surface area contributed by atoms with E-state index in [4.69, 9.17) is 19.9 Å². The lowest BCUT2D eigenvalue weighted by molar-refractivity contribution is -0.120. The summed E-state index contributed by atoms with van der Waals surface area (Å²) < 4.78 is 15.7. The summed E-state index contributed by atoms with van der Waals surface area (Å²) in [5, 5.41) is 2.44. The topological polar surface area (TPSA) is 95.2 Å². The van der Waals surface area contributed by atoms with Crippen molar-refractivity contribution in [2.24, 2.45) is 10.7 Å². The molecule has 1 amide bonds. The number of nitrogens with two attached hydrogens (primary N) is 1. The molecule has 1 aliphatic rings. The summed E-state index contributed by atoms with van der Waals surface area (Å²) in [6.07, 6.45) is 0. The highest BCUT2D eigenvalue weighted by Crippen LogP contribution is 2.43. The first-order valence-corrected chi connectivity index (χ1v) is 5.55. The number of amides is 1. The average Bonchev–Trinajstić information content (AvgIpc) is 2.75. The Bertz CT molecular complexity index is 542. The number of benzene rings is 1. The van der Waals surface area contributed by atoms with Crippen molar-refractivity contribution in [2.75, 3.05) is 21.3 Å². The van der Waals surface area contributed by atoms with E-state index in [9.17, 15) is 4.79 Å². The van der Waals surface area contributed by atoms with E-state index in [0.717, 1.165) is 0 Å². The maximum Gasteiger partial charge on any atom is 0.256 e. The van der Waals surface area contributed by atoms with Crippen LogP contribution >= 0.6 is 0 Å². The van der Waals surface area contributed by atoms with Gasteiger partial charge in [0.2, 0.25) is 5.75 Å². The second-order valence-electron chi connectivity index (χ2n) is 3.83. The maximum atomic E-state index is 11.8. The molecular weight excluding hydrogens is 250 g/mol. The number of ether oxygens (including phenoxy) is 3. The average molecular weight is 265 g/mol. The minimum absolute atomic E-state index is 0.0897. The normalized spacial score (nSPS) is 17.7. The fraction of sp³-hybridized carbons (Fsp3) is 0.333. The van der Waals surface area contributed by atoms with Crippen LogP contribution in [0.15, 0.2) is 17.1 Å². The van der Waals surface area contributed by atoms with Crippen molar-refractivity contribution < 1.29 is 19.0 Å². The molecule has 0 saturated heterocycles. The second-order valence-corrected chi connectivity index (χ2v) is 3.83. The first kappa shape index (κ1) is 13.0. The summed E-state index contributed by atoms with van der Waals surface area (Å²) >= 11 is 0. The fourth-order valence-corrected chi connectivity index (χ4v) is 1.98. The molecular formula is C12H15N3O4. The van der Waals surface area contributed by atoms with E-state index in [0.29, 0.717) is 22.8 Å². The van der Waals surface area contributed by atoms with Crippen LogP contribution in [-0.4, -0.2) is 33.2 Å². The largest absolute Gasteiger partial charge is 0.493 e. The van der Waals surface area contributed by atoms with Gasteiger partial charge in [-0.25, -0.2) is 4.99 Å². The number of hydrogen-bond donors (Lipinski definition) is 2. The summed E-state index contributed by atoms with van der Waals surface area (Å²) in [6, 6.07) is 2.65. The molecule has 0 saturated carbocycles. The van der Waals surface area contributed by atoms with Gasteiger partial charge in [-0.2, -0.15) is 0 Å². The van der Waals surface area contributed by atoms with Gasteiger partial charge in [-0.15, -0.1) is 0 Å². The molecule has 1 aliphatic heterocycles. The first-order valence-electron chi connectivity index (χ1n) is 5.55. The number of aliphatic imine (C=N–C) groups is 1. The number of rotatable bonds is 4. The lowest BCUT2D eigenvalue weighted by Crippen LogP contribution is -2.31. The molecule has 102 valence electrons. The van der Waals surface area contributed by atoms with Crippen molar-refractivity contribution in [2.45, 2.75) is 6.04 Å². The predicted molar refractivity (Wildman–Crippen MR) is 68.6 cm³/mol. The van der Waals surface area contributed by atoms with Gasteiger partial charge in [-0.05, 0) is 12.1 Å². The van der Waals surface area contributed by atoms with Gasteiger partial charge in [0.25, 0.3) is 5.91 Å². The Hall–Kier alpha value is -2.44. The molecule has 7 nitrogen and oxygen atoms in total. The van der Waals surface area contributed by atoms with Gasteiger partial charge in [-0.1, -0.05) is 0 Å². The smallest absolute Gasteiger partial charge is 0.256 e. The molecule has 3 N–H and O–H groups in total. The van der Waals surface area contributed by atoms with Crippen LogP contribution in [0.2, 0.25) is 0 Å². The quantitative estimate of drug-likeness (QED) is 0.810. The van der Waals surface area contributed by atoms with E-state index < -0.39 is 6.04 Å². The zero-order chi connectivity index (χ0) is 14.0. The number of hydrogen-bond acceptors (Lipinski definition) is 6. The van der Waals surface area contributed by atoms with Crippen LogP contribution in [0.1, 0.15) is 11.6 Å². The van der Waals surface area contributed by atoms with Gasteiger partial charge in [0, 0.05) is 5.56 Å². The van der Waals surface area contributed by atoms with E-state index in [1.165, 1.54) is 21.3 Å². The summed E-state index contributed by atoms with van der Waals surface area (Å²) in [7, 11) is 4.51. The van der Waals surface area contributed by atoms with E-state index in [1.807, 2.05) is 0 Å². The third kappa shape index (κ3) is 2.14. The van der Waals surface area contributed by atoms with Gasteiger partial charge < -0.3 is 19.9 Å². The highest BCUT2D eigenvalue weighted by Gasteiger charge is 2.31. The molecule has 1 atom stereocenters. The molecule has 1 aromatic carbocycles. The lowest BCUT2D eigenvalue weighted by Gasteiger charge is -2.16. The van der Waals surface area contributed by atoms with Crippen molar-refractivity contribution in [3.63, 3.8) is 0 Å². The molecule has 1 aromatic rings. The molecule has 1 unspecified atom stereocenters. The lowest BCUT2D eigenvalue weighted by atomic mass is 10.0. The summed E-state index contributed by atoms with van der Waals surface area (Å²) in [6.45, 7) is 0. The Labute approximate surface area is 110 Å². The SMILES string of the molecule is COc1ccc(C2N=C(N)NC2=O)c(OC)c1OC. The molecule has 0 spiro atoms. The Balaban J connectivity index is 2.55. The molecule has 0 radical (unpaired) electrons. The van der Waals surface area contributed by atoms with Crippen LogP contribution in [-0.2, 0) is 4.79 Å². The Kier molecular flexibility index (Phi) is 3.46. The highest BCUT2D eigenvalue weighted by atomic mass is 16.5. The van der Waals surface area contributed by atoms with Crippen LogP contribution < -0.4 is 25.3 Å². The van der Waals surface area contributed by atoms with Crippen LogP contribution in [0.5, 0.6) is 17.2 Å². The standard InChI is InChI=1S/C12H15N3O4/c1-17-7-5-4-6(9(18-2)10(7)19-3)8-11(16)15-12(13)14-8/h4-5,8H,1-3H3,(H3,13,14,15,16). The molecule has 7 heteroatoms. The van der Waals surface area contributed by atoms with E-state index in [1.54, 1.807) is 12.1 Å². The van der Waals surface area contributed by atoms with E-state index >= 15 is 0 Å². The third-order valence-electron chi connectivity index (χ3n) is 2.80. The van der Waals surface area contributed by atoms with E-state index in [-0.39, 0.29) is 11.9 Å². The molecule has 19 heavy (non-hydrogen) atoms. The Morgan fingerprint density at radius 1 is 1.16 bits per heavy atom. The number of nitrogens with one attached hydrogen (secondary N) is 1. The third-order valence-corrected chi connectivity index (χ3v) is 2.80. The van der Waals surface area contributed by atoms with Crippen molar-refractivity contribution in [1.29, 1.82) is 0 Å². The van der Waals surface area contributed by atoms with Crippen LogP contribution in [0.4, 0.5) is 0 Å². The molecule has 1 heterocycles. The molecule has 0 bridgehead atoms. The summed E-state index contributed by atoms with van der Waals surface area (Å²) in [5.74, 6) is 1.12. The maximum absolute atomic E-state index is 11.8. The van der Waals surface area contributed by atoms with Crippen molar-refractivity contribution in [1.82, 2.24) is 5.32 Å². The zero-order valence-corrected chi connectivity index (χ0v) is 10.9. The minimum Gasteiger partial charge on any atom is -0.493 e. The van der Waals surface area contributed by atoms with Gasteiger partial charge in [0.15, 0.2) is 23.5 Å². The second kappa shape index (κ2) is 5.05. The Morgan fingerprint density at radius 2 is 1.84 bits per heavy atom. The number of methoxy groups -OCH3 is 3. The number of nitrogens with zero attached hydrogens (tertiary/aromatic N) is 1. The monoisotopic (exact) mass is 265 g/mol. The van der Waals surface area contributed by atoms with Crippen molar-refractivity contribution in [3.05, 3.63) is 17.7 Å². The molecule has 0 fully saturated rings. The zero-order valence-electron chi connectivity index (χ0n) is 10.9. The van der Waals surface area contributed by atoms with Crippen LogP contribution in [0.3, 0.4) is 0 Å². The van der Waals surface area contributed by atoms with Gasteiger partial charge in [0.05, 0.1) is 21.3 Å². The summed E-state index contributed by atoms with van der Waals surface area (Å²) in [5.41, 5.74) is 6.06.